The summed E-state index contributed by atoms with van der Waals surface area (Å²) in [4.78, 5) is 27.9. The third-order valence-corrected chi connectivity index (χ3v) is 4.55. The number of nitrogens with zero attached hydrogens (tertiary/aromatic N) is 2. The summed E-state index contributed by atoms with van der Waals surface area (Å²) in [5.74, 6) is -0.0702. The Labute approximate surface area is 140 Å². The van der Waals surface area contributed by atoms with Gasteiger partial charge in [0.2, 0.25) is 0 Å². The van der Waals surface area contributed by atoms with Crippen LogP contribution in [0.4, 0.5) is 0 Å². The van der Waals surface area contributed by atoms with Crippen LogP contribution >= 0.6 is 0 Å². The molecule has 1 aliphatic heterocycles. The summed E-state index contributed by atoms with van der Waals surface area (Å²) in [7, 11) is 0. The van der Waals surface area contributed by atoms with Gasteiger partial charge in [0, 0.05) is 24.2 Å². The molecule has 3 aromatic rings. The molecule has 0 aliphatic carbocycles. The molecular weight excluding hydrogens is 300 g/mol. The van der Waals surface area contributed by atoms with Gasteiger partial charge in [-0.25, -0.2) is 0 Å². The van der Waals surface area contributed by atoms with Crippen LogP contribution in [0.25, 0.3) is 16.5 Å². The van der Waals surface area contributed by atoms with E-state index in [1.165, 1.54) is 0 Å². The van der Waals surface area contributed by atoms with Crippen molar-refractivity contribution in [1.82, 2.24) is 9.47 Å². The Morgan fingerprint density at radius 1 is 0.875 bits per heavy atom. The molecule has 1 aliphatic rings. The highest BCUT2D eigenvalue weighted by Crippen LogP contribution is 2.19. The summed E-state index contributed by atoms with van der Waals surface area (Å²) in [5, 5.41) is 1.43. The lowest BCUT2D eigenvalue weighted by molar-refractivity contribution is 0.0784. The first-order chi connectivity index (χ1) is 11.8. The molecule has 4 heteroatoms. The van der Waals surface area contributed by atoms with Crippen LogP contribution < -0.4 is 5.56 Å². The van der Waals surface area contributed by atoms with Crippen LogP contribution in [0.3, 0.4) is 0 Å². The predicted octanol–water partition coefficient (Wildman–Crippen LogP) is 3.23. The second-order valence-corrected chi connectivity index (χ2v) is 6.09. The Morgan fingerprint density at radius 3 is 2.29 bits per heavy atom. The van der Waals surface area contributed by atoms with Gasteiger partial charge in [-0.3, -0.25) is 14.2 Å². The number of carbonyl (C=O) groups excluding carboxylic acids is 1. The zero-order chi connectivity index (χ0) is 16.5. The highest BCUT2D eigenvalue weighted by Gasteiger charge is 2.24. The maximum Gasteiger partial charge on any atom is 0.270 e. The number of rotatable bonds is 2. The van der Waals surface area contributed by atoms with Crippen molar-refractivity contribution in [2.75, 3.05) is 13.1 Å². The van der Waals surface area contributed by atoms with Gasteiger partial charge in [-0.05, 0) is 42.5 Å². The lowest BCUT2D eigenvalue weighted by Crippen LogP contribution is -2.33. The van der Waals surface area contributed by atoms with E-state index >= 15 is 0 Å². The van der Waals surface area contributed by atoms with E-state index in [0.29, 0.717) is 11.1 Å². The van der Waals surface area contributed by atoms with Crippen molar-refractivity contribution < 1.29 is 4.79 Å². The van der Waals surface area contributed by atoms with Crippen molar-refractivity contribution in [3.05, 3.63) is 76.7 Å². The van der Waals surface area contributed by atoms with Crippen LogP contribution in [0, 0.1) is 0 Å². The fourth-order valence-corrected chi connectivity index (χ4v) is 3.33. The summed E-state index contributed by atoms with van der Waals surface area (Å²) >= 11 is 0. The molecule has 24 heavy (non-hydrogen) atoms. The minimum absolute atomic E-state index is 0.0702. The van der Waals surface area contributed by atoms with Crippen LogP contribution in [0.5, 0.6) is 0 Å². The Kier molecular flexibility index (Phi) is 3.65. The van der Waals surface area contributed by atoms with Gasteiger partial charge in [-0.1, -0.05) is 36.4 Å². The monoisotopic (exact) mass is 318 g/mol. The largest absolute Gasteiger partial charge is 0.337 e. The molecule has 0 spiro atoms. The van der Waals surface area contributed by atoms with Gasteiger partial charge in [-0.2, -0.15) is 0 Å². The zero-order valence-corrected chi connectivity index (χ0v) is 13.3. The highest BCUT2D eigenvalue weighted by molar-refractivity contribution is 5.97. The van der Waals surface area contributed by atoms with Gasteiger partial charge in [0.05, 0.1) is 0 Å². The minimum Gasteiger partial charge on any atom is -0.337 e. The van der Waals surface area contributed by atoms with E-state index in [9.17, 15) is 9.59 Å². The van der Waals surface area contributed by atoms with Gasteiger partial charge < -0.3 is 4.90 Å². The van der Waals surface area contributed by atoms with E-state index in [2.05, 4.69) is 0 Å². The lowest BCUT2D eigenvalue weighted by atomic mass is 10.1. The fraction of sp³-hybridized carbons (Fsp3) is 0.200. The average Bonchev–Trinajstić information content (AvgIpc) is 3.16. The molecule has 0 saturated carbocycles. The van der Waals surface area contributed by atoms with Gasteiger partial charge in [0.15, 0.2) is 0 Å². The van der Waals surface area contributed by atoms with Crippen LogP contribution in [0.1, 0.15) is 23.3 Å². The van der Waals surface area contributed by atoms with E-state index < -0.39 is 0 Å². The quantitative estimate of drug-likeness (QED) is 0.728. The van der Waals surface area contributed by atoms with Gasteiger partial charge in [-0.15, -0.1) is 0 Å². The van der Waals surface area contributed by atoms with Crippen molar-refractivity contribution in [2.45, 2.75) is 12.8 Å². The SMILES string of the molecule is O=C(c1cc2ccccc2c(=O)n1-c1ccccc1)N1CCCC1. The molecule has 0 unspecified atom stereocenters. The van der Waals surface area contributed by atoms with Crippen molar-refractivity contribution >= 4 is 16.7 Å². The second-order valence-electron chi connectivity index (χ2n) is 6.09. The summed E-state index contributed by atoms with van der Waals surface area (Å²) < 4.78 is 1.54. The third kappa shape index (κ3) is 2.40. The van der Waals surface area contributed by atoms with E-state index in [-0.39, 0.29) is 11.5 Å². The van der Waals surface area contributed by atoms with Crippen molar-refractivity contribution in [3.8, 4) is 5.69 Å². The smallest absolute Gasteiger partial charge is 0.270 e. The average molecular weight is 318 g/mol. The first kappa shape index (κ1) is 14.7. The van der Waals surface area contributed by atoms with Crippen LogP contribution in [-0.4, -0.2) is 28.5 Å². The molecule has 0 bridgehead atoms. The maximum absolute atomic E-state index is 13.1. The Balaban J connectivity index is 2.00. The molecule has 4 nitrogen and oxygen atoms in total. The molecule has 1 aromatic heterocycles. The number of pyridine rings is 1. The number of aromatic nitrogens is 1. The Bertz CT molecular complexity index is 954. The summed E-state index contributed by atoms with van der Waals surface area (Å²) in [6, 6.07) is 18.6. The lowest BCUT2D eigenvalue weighted by Gasteiger charge is -2.19. The molecule has 120 valence electrons. The number of benzene rings is 2. The molecule has 1 amide bonds. The van der Waals surface area contributed by atoms with Gasteiger partial charge >= 0.3 is 0 Å². The topological polar surface area (TPSA) is 42.3 Å². The Hall–Kier alpha value is -2.88. The van der Waals surface area contributed by atoms with E-state index in [1.54, 1.807) is 10.6 Å². The summed E-state index contributed by atoms with van der Waals surface area (Å²) in [6.07, 6.45) is 2.05. The van der Waals surface area contributed by atoms with E-state index in [4.69, 9.17) is 0 Å². The van der Waals surface area contributed by atoms with Gasteiger partial charge in [0.1, 0.15) is 5.69 Å². The standard InChI is InChI=1S/C20H18N2O2/c23-19-17-11-5-4-8-15(17)14-18(20(24)21-12-6-7-13-21)22(19)16-9-2-1-3-10-16/h1-5,8-11,14H,6-7,12-13H2. The predicted molar refractivity (Wildman–Crippen MR) is 94.7 cm³/mol. The number of amides is 1. The summed E-state index contributed by atoms with van der Waals surface area (Å²) in [5.41, 5.74) is 1.00. The molecular formula is C20H18N2O2. The molecule has 1 saturated heterocycles. The van der Waals surface area contributed by atoms with Crippen molar-refractivity contribution in [1.29, 1.82) is 0 Å². The number of hydrogen-bond acceptors (Lipinski definition) is 2. The number of carbonyl (C=O) groups is 1. The number of likely N-dealkylation sites (tertiary alicyclic amines) is 1. The van der Waals surface area contributed by atoms with Crippen LogP contribution in [0.15, 0.2) is 65.5 Å². The molecule has 0 radical (unpaired) electrons. The zero-order valence-electron chi connectivity index (χ0n) is 13.3. The molecule has 0 N–H and O–H groups in total. The minimum atomic E-state index is -0.151. The molecule has 4 rings (SSSR count). The maximum atomic E-state index is 13.1. The fourth-order valence-electron chi connectivity index (χ4n) is 3.33. The Morgan fingerprint density at radius 2 is 1.54 bits per heavy atom. The highest BCUT2D eigenvalue weighted by atomic mass is 16.2. The number of para-hydroxylation sites is 1. The molecule has 1 fully saturated rings. The second kappa shape index (κ2) is 5.96. The first-order valence-electron chi connectivity index (χ1n) is 8.25. The number of fused-ring (bicyclic) bond motifs is 1. The third-order valence-electron chi connectivity index (χ3n) is 4.55. The molecule has 2 heterocycles. The summed E-state index contributed by atoms with van der Waals surface area (Å²) in [6.45, 7) is 1.52. The van der Waals surface area contributed by atoms with Crippen LogP contribution in [0.2, 0.25) is 0 Å². The van der Waals surface area contributed by atoms with Crippen molar-refractivity contribution in [3.63, 3.8) is 0 Å². The van der Waals surface area contributed by atoms with Gasteiger partial charge in [0.25, 0.3) is 11.5 Å². The first-order valence-corrected chi connectivity index (χ1v) is 8.25. The molecule has 2 aromatic carbocycles. The number of hydrogen-bond donors (Lipinski definition) is 0. The van der Waals surface area contributed by atoms with E-state index in [0.717, 1.165) is 37.0 Å². The molecule has 0 atom stereocenters. The van der Waals surface area contributed by atoms with Crippen molar-refractivity contribution in [2.24, 2.45) is 0 Å². The van der Waals surface area contributed by atoms with E-state index in [1.807, 2.05) is 59.5 Å². The van der Waals surface area contributed by atoms with Crippen LogP contribution in [-0.2, 0) is 0 Å². The normalized spacial score (nSPS) is 14.2.